The number of carbonyl (C=O) groups is 1. The van der Waals surface area contributed by atoms with Crippen molar-refractivity contribution in [3.8, 4) is 0 Å². The largest absolute Gasteiger partial charge is 0.320 e. The van der Waals surface area contributed by atoms with Crippen molar-refractivity contribution in [1.29, 1.82) is 0 Å². The van der Waals surface area contributed by atoms with E-state index in [0.717, 1.165) is 9.79 Å². The first-order valence-electron chi connectivity index (χ1n) is 7.48. The lowest BCUT2D eigenvalue weighted by molar-refractivity contribution is 0.101. The van der Waals surface area contributed by atoms with Gasteiger partial charge in [0.2, 0.25) is 0 Å². The molecule has 0 unspecified atom stereocenters. The number of amides is 1. The second-order valence-corrected chi connectivity index (χ2v) is 7.31. The molecule has 1 amide bonds. The first-order chi connectivity index (χ1) is 12.0. The zero-order chi connectivity index (χ0) is 18.0. The predicted octanol–water partition coefficient (Wildman–Crippen LogP) is 5.44. The average Bonchev–Trinajstić information content (AvgIpc) is 2.84. The van der Waals surface area contributed by atoms with Crippen molar-refractivity contribution >= 4 is 46.6 Å². The maximum atomic E-state index is 12.6. The van der Waals surface area contributed by atoms with E-state index < -0.39 is 0 Å². The van der Waals surface area contributed by atoms with Gasteiger partial charge in [0.25, 0.3) is 5.91 Å². The summed E-state index contributed by atoms with van der Waals surface area (Å²) in [4.78, 5) is 14.6. The Bertz CT molecular complexity index is 923. The minimum Gasteiger partial charge on any atom is -0.320 e. The predicted molar refractivity (Wildman–Crippen MR) is 103 cm³/mol. The molecule has 3 aromatic rings. The molecule has 0 atom stereocenters. The summed E-state index contributed by atoms with van der Waals surface area (Å²) in [6.45, 7) is 1.77. The molecule has 1 heterocycles. The van der Waals surface area contributed by atoms with Gasteiger partial charge in [-0.05, 0) is 43.3 Å². The second kappa shape index (κ2) is 7.52. The molecule has 0 aliphatic rings. The molecule has 128 valence electrons. The number of anilines is 1. The molecule has 4 nitrogen and oxygen atoms in total. The number of rotatable bonds is 4. The van der Waals surface area contributed by atoms with Gasteiger partial charge in [-0.3, -0.25) is 9.48 Å². The summed E-state index contributed by atoms with van der Waals surface area (Å²) in [6.07, 6.45) is 0. The van der Waals surface area contributed by atoms with Crippen LogP contribution < -0.4 is 5.32 Å². The standard InChI is InChI=1S/C18H15Cl2N3OS/c1-11-16(20)17(23(2)22-11)18(24)21-14-5-3-4-6-15(14)25-13-9-7-12(19)8-10-13/h3-10H,1-2H3,(H,21,24). The van der Waals surface area contributed by atoms with Crippen LogP contribution in [-0.2, 0) is 7.05 Å². The van der Waals surface area contributed by atoms with Gasteiger partial charge in [0.1, 0.15) is 5.69 Å². The van der Waals surface area contributed by atoms with E-state index in [9.17, 15) is 4.79 Å². The van der Waals surface area contributed by atoms with Crippen molar-refractivity contribution in [1.82, 2.24) is 9.78 Å². The van der Waals surface area contributed by atoms with Gasteiger partial charge in [0.05, 0.1) is 16.4 Å². The Hall–Kier alpha value is -1.95. The van der Waals surface area contributed by atoms with Gasteiger partial charge in [-0.2, -0.15) is 5.10 Å². The highest BCUT2D eigenvalue weighted by molar-refractivity contribution is 7.99. The van der Waals surface area contributed by atoms with Gasteiger partial charge >= 0.3 is 0 Å². The Balaban J connectivity index is 1.85. The summed E-state index contributed by atoms with van der Waals surface area (Å²) in [5.74, 6) is -0.294. The molecule has 3 rings (SSSR count). The number of aromatic nitrogens is 2. The summed E-state index contributed by atoms with van der Waals surface area (Å²) < 4.78 is 1.49. The number of halogens is 2. The number of nitrogens with one attached hydrogen (secondary N) is 1. The van der Waals surface area contributed by atoms with Crippen LogP contribution in [0.2, 0.25) is 10.0 Å². The number of para-hydroxylation sites is 1. The van der Waals surface area contributed by atoms with E-state index in [1.54, 1.807) is 25.7 Å². The summed E-state index contributed by atoms with van der Waals surface area (Å²) in [5, 5.41) is 8.15. The number of nitrogens with zero attached hydrogens (tertiary/aromatic N) is 2. The van der Waals surface area contributed by atoms with Crippen molar-refractivity contribution in [2.24, 2.45) is 7.05 Å². The third-order valence-electron chi connectivity index (χ3n) is 3.54. The average molecular weight is 392 g/mol. The van der Waals surface area contributed by atoms with Gasteiger partial charge in [0, 0.05) is 21.9 Å². The first-order valence-corrected chi connectivity index (χ1v) is 9.06. The Morgan fingerprint density at radius 3 is 2.44 bits per heavy atom. The number of benzene rings is 2. The zero-order valence-electron chi connectivity index (χ0n) is 13.6. The number of hydrogen-bond donors (Lipinski definition) is 1. The van der Waals surface area contributed by atoms with E-state index in [2.05, 4.69) is 10.4 Å². The van der Waals surface area contributed by atoms with Gasteiger partial charge < -0.3 is 5.32 Å². The lowest BCUT2D eigenvalue weighted by Gasteiger charge is -2.11. The van der Waals surface area contributed by atoms with Gasteiger partial charge in [-0.25, -0.2) is 0 Å². The Morgan fingerprint density at radius 2 is 1.80 bits per heavy atom. The molecule has 2 aromatic carbocycles. The lowest BCUT2D eigenvalue weighted by atomic mass is 10.3. The fraction of sp³-hybridized carbons (Fsp3) is 0.111. The van der Waals surface area contributed by atoms with E-state index in [1.165, 1.54) is 4.68 Å². The molecule has 0 saturated carbocycles. The van der Waals surface area contributed by atoms with E-state index in [4.69, 9.17) is 23.2 Å². The maximum Gasteiger partial charge on any atom is 0.275 e. The Kier molecular flexibility index (Phi) is 5.37. The van der Waals surface area contributed by atoms with Gasteiger partial charge in [-0.1, -0.05) is 47.1 Å². The molecule has 7 heteroatoms. The van der Waals surface area contributed by atoms with E-state index in [-0.39, 0.29) is 5.91 Å². The minimum atomic E-state index is -0.294. The normalized spacial score (nSPS) is 10.7. The number of carbonyl (C=O) groups excluding carboxylic acids is 1. The Morgan fingerprint density at radius 1 is 1.12 bits per heavy atom. The number of hydrogen-bond acceptors (Lipinski definition) is 3. The van der Waals surface area contributed by atoms with Crippen molar-refractivity contribution in [3.63, 3.8) is 0 Å². The van der Waals surface area contributed by atoms with Crippen LogP contribution in [0.25, 0.3) is 0 Å². The van der Waals surface area contributed by atoms with Crippen LogP contribution >= 0.6 is 35.0 Å². The molecule has 1 N–H and O–H groups in total. The molecular formula is C18H15Cl2N3OS. The zero-order valence-corrected chi connectivity index (χ0v) is 15.9. The molecule has 1 aromatic heterocycles. The highest BCUT2D eigenvalue weighted by atomic mass is 35.5. The number of aryl methyl sites for hydroxylation is 2. The molecule has 25 heavy (non-hydrogen) atoms. The molecule has 0 aliphatic heterocycles. The van der Waals surface area contributed by atoms with Crippen LogP contribution in [0.3, 0.4) is 0 Å². The first kappa shape index (κ1) is 17.9. The van der Waals surface area contributed by atoms with Gasteiger partial charge in [0.15, 0.2) is 0 Å². The third kappa shape index (κ3) is 4.00. The lowest BCUT2D eigenvalue weighted by Crippen LogP contribution is -2.17. The summed E-state index contributed by atoms with van der Waals surface area (Å²) >= 11 is 13.7. The molecule has 0 aliphatic carbocycles. The van der Waals surface area contributed by atoms with Crippen LogP contribution in [-0.4, -0.2) is 15.7 Å². The molecule has 0 saturated heterocycles. The van der Waals surface area contributed by atoms with Crippen molar-refractivity contribution in [2.45, 2.75) is 16.7 Å². The van der Waals surface area contributed by atoms with Crippen LogP contribution in [0, 0.1) is 6.92 Å². The molecule has 0 fully saturated rings. The molecule has 0 spiro atoms. The fourth-order valence-corrected chi connectivity index (χ4v) is 3.62. The topological polar surface area (TPSA) is 46.9 Å². The van der Waals surface area contributed by atoms with E-state index in [0.29, 0.717) is 27.1 Å². The highest BCUT2D eigenvalue weighted by Gasteiger charge is 2.19. The highest BCUT2D eigenvalue weighted by Crippen LogP contribution is 2.34. The van der Waals surface area contributed by atoms with Crippen molar-refractivity contribution in [2.75, 3.05) is 5.32 Å². The third-order valence-corrected chi connectivity index (χ3v) is 5.33. The van der Waals surface area contributed by atoms with Crippen molar-refractivity contribution < 1.29 is 4.79 Å². The van der Waals surface area contributed by atoms with Crippen LogP contribution in [0.1, 0.15) is 16.2 Å². The Labute approximate surface area is 160 Å². The van der Waals surface area contributed by atoms with Crippen LogP contribution in [0.4, 0.5) is 5.69 Å². The molecular weight excluding hydrogens is 377 g/mol. The molecule has 0 bridgehead atoms. The van der Waals surface area contributed by atoms with Crippen LogP contribution in [0.5, 0.6) is 0 Å². The monoisotopic (exact) mass is 391 g/mol. The SMILES string of the molecule is Cc1nn(C)c(C(=O)Nc2ccccc2Sc2ccc(Cl)cc2)c1Cl. The minimum absolute atomic E-state index is 0.294. The van der Waals surface area contributed by atoms with Crippen molar-refractivity contribution in [3.05, 3.63) is 70.0 Å². The van der Waals surface area contributed by atoms with E-state index >= 15 is 0 Å². The maximum absolute atomic E-state index is 12.6. The second-order valence-electron chi connectivity index (χ2n) is 5.38. The summed E-state index contributed by atoms with van der Waals surface area (Å²) in [6, 6.07) is 15.2. The summed E-state index contributed by atoms with van der Waals surface area (Å²) in [7, 11) is 1.70. The fourth-order valence-electron chi connectivity index (χ4n) is 2.35. The van der Waals surface area contributed by atoms with E-state index in [1.807, 2.05) is 48.5 Å². The van der Waals surface area contributed by atoms with Crippen LogP contribution in [0.15, 0.2) is 58.3 Å². The smallest absolute Gasteiger partial charge is 0.275 e. The van der Waals surface area contributed by atoms with Gasteiger partial charge in [-0.15, -0.1) is 0 Å². The molecule has 0 radical (unpaired) electrons. The quantitative estimate of drug-likeness (QED) is 0.643. The summed E-state index contributed by atoms with van der Waals surface area (Å²) in [5.41, 5.74) is 1.67.